The molecule has 0 radical (unpaired) electrons. The van der Waals surface area contributed by atoms with Gasteiger partial charge in [0.2, 0.25) is 0 Å². The zero-order valence-electron chi connectivity index (χ0n) is 14.8. The molecule has 0 amide bonds. The third-order valence-electron chi connectivity index (χ3n) is 4.90. The lowest BCUT2D eigenvalue weighted by Gasteiger charge is -2.18. The van der Waals surface area contributed by atoms with E-state index in [2.05, 4.69) is 4.90 Å². The van der Waals surface area contributed by atoms with Gasteiger partial charge >= 0.3 is 0 Å². The summed E-state index contributed by atoms with van der Waals surface area (Å²) in [5.74, 6) is 1.57. The van der Waals surface area contributed by atoms with E-state index in [4.69, 9.17) is 9.47 Å². The van der Waals surface area contributed by atoms with Crippen molar-refractivity contribution in [2.75, 3.05) is 32.8 Å². The van der Waals surface area contributed by atoms with Crippen LogP contribution in [-0.2, 0) is 0 Å². The van der Waals surface area contributed by atoms with E-state index >= 15 is 0 Å². The summed E-state index contributed by atoms with van der Waals surface area (Å²) in [4.78, 5) is 15.0. The molecule has 0 N–H and O–H groups in total. The molecule has 0 unspecified atom stereocenters. The molecule has 4 heteroatoms. The summed E-state index contributed by atoms with van der Waals surface area (Å²) in [5.41, 5.74) is 2.28. The minimum atomic E-state index is 0.0396. The number of nitrogens with zero attached hydrogens (tertiary/aromatic N) is 1. The van der Waals surface area contributed by atoms with Crippen molar-refractivity contribution in [2.45, 2.75) is 12.8 Å². The van der Waals surface area contributed by atoms with Crippen LogP contribution in [0.25, 0.3) is 6.08 Å². The van der Waals surface area contributed by atoms with E-state index in [9.17, 15) is 4.79 Å². The maximum Gasteiger partial charge on any atom is 0.196 e. The Morgan fingerprint density at radius 3 is 2.62 bits per heavy atom. The molecule has 4 rings (SSSR count). The molecule has 0 aliphatic carbocycles. The van der Waals surface area contributed by atoms with Crippen molar-refractivity contribution in [1.29, 1.82) is 0 Å². The molecule has 2 heterocycles. The molecular formula is C22H23NO3. The van der Waals surface area contributed by atoms with E-state index in [1.807, 2.05) is 54.6 Å². The van der Waals surface area contributed by atoms with E-state index < -0.39 is 0 Å². The standard InChI is InChI=1S/C22H23NO3/c24-22-18(16-26-21-6-2-1-5-20(21)22)15-17-7-9-19(10-8-17)25-14-13-23-11-3-4-12-23/h1-2,5-10,15H,3-4,11-14,16H2/b18-15+. The van der Waals surface area contributed by atoms with Crippen molar-refractivity contribution in [3.8, 4) is 11.5 Å². The van der Waals surface area contributed by atoms with Gasteiger partial charge in [0, 0.05) is 12.1 Å². The number of ketones is 1. The van der Waals surface area contributed by atoms with Crippen LogP contribution >= 0.6 is 0 Å². The average molecular weight is 349 g/mol. The zero-order valence-corrected chi connectivity index (χ0v) is 14.8. The number of hydrogen-bond donors (Lipinski definition) is 0. The lowest BCUT2D eigenvalue weighted by Crippen LogP contribution is -2.25. The highest BCUT2D eigenvalue weighted by Crippen LogP contribution is 2.27. The van der Waals surface area contributed by atoms with Crippen LogP contribution in [0.3, 0.4) is 0 Å². The van der Waals surface area contributed by atoms with Crippen molar-refractivity contribution in [3.05, 3.63) is 65.2 Å². The topological polar surface area (TPSA) is 38.8 Å². The molecule has 0 bridgehead atoms. The smallest absolute Gasteiger partial charge is 0.196 e. The van der Waals surface area contributed by atoms with Crippen LogP contribution in [0.5, 0.6) is 11.5 Å². The number of rotatable bonds is 5. The molecule has 2 aromatic rings. The van der Waals surface area contributed by atoms with E-state index in [0.29, 0.717) is 30.1 Å². The SMILES string of the molecule is O=C1/C(=C/c2ccc(OCCN3CCCC3)cc2)COc2ccccc21. The summed E-state index contributed by atoms with van der Waals surface area (Å²) in [5, 5.41) is 0. The fourth-order valence-corrected chi connectivity index (χ4v) is 3.44. The number of carbonyl (C=O) groups excluding carboxylic acids is 1. The molecule has 0 aromatic heterocycles. The summed E-state index contributed by atoms with van der Waals surface area (Å²) >= 11 is 0. The second kappa shape index (κ2) is 7.75. The lowest BCUT2D eigenvalue weighted by molar-refractivity contribution is 0.100. The van der Waals surface area contributed by atoms with Gasteiger partial charge in [0.15, 0.2) is 5.78 Å². The van der Waals surface area contributed by atoms with Crippen LogP contribution in [0.2, 0.25) is 0 Å². The van der Waals surface area contributed by atoms with Crippen LogP contribution in [0.4, 0.5) is 0 Å². The Bertz CT molecular complexity index is 804. The van der Waals surface area contributed by atoms with Gasteiger partial charge in [-0.05, 0) is 61.8 Å². The highest BCUT2D eigenvalue weighted by Gasteiger charge is 2.22. The molecular weight excluding hydrogens is 326 g/mol. The van der Waals surface area contributed by atoms with Gasteiger partial charge in [-0.25, -0.2) is 0 Å². The van der Waals surface area contributed by atoms with Crippen LogP contribution < -0.4 is 9.47 Å². The third-order valence-corrected chi connectivity index (χ3v) is 4.90. The van der Waals surface area contributed by atoms with E-state index in [1.165, 1.54) is 25.9 Å². The summed E-state index contributed by atoms with van der Waals surface area (Å²) < 4.78 is 11.5. The summed E-state index contributed by atoms with van der Waals surface area (Å²) in [6.07, 6.45) is 4.50. The number of hydrogen-bond acceptors (Lipinski definition) is 4. The minimum Gasteiger partial charge on any atom is -0.492 e. The average Bonchev–Trinajstić information content (AvgIpc) is 3.19. The first kappa shape index (κ1) is 16.9. The molecule has 0 spiro atoms. The Morgan fingerprint density at radius 2 is 1.81 bits per heavy atom. The predicted molar refractivity (Wildman–Crippen MR) is 102 cm³/mol. The predicted octanol–water partition coefficient (Wildman–Crippen LogP) is 3.82. The van der Waals surface area contributed by atoms with Gasteiger partial charge in [0.05, 0.1) is 5.56 Å². The number of Topliss-reactive ketones (excluding diaryl/α,β-unsaturated/α-hetero) is 1. The van der Waals surface area contributed by atoms with Crippen molar-refractivity contribution >= 4 is 11.9 Å². The van der Waals surface area contributed by atoms with Crippen molar-refractivity contribution < 1.29 is 14.3 Å². The molecule has 2 aromatic carbocycles. The van der Waals surface area contributed by atoms with Gasteiger partial charge < -0.3 is 9.47 Å². The first-order valence-corrected chi connectivity index (χ1v) is 9.22. The van der Waals surface area contributed by atoms with E-state index in [0.717, 1.165) is 17.9 Å². The zero-order chi connectivity index (χ0) is 17.8. The number of likely N-dealkylation sites (tertiary alicyclic amines) is 1. The highest BCUT2D eigenvalue weighted by atomic mass is 16.5. The van der Waals surface area contributed by atoms with Crippen LogP contribution in [0.1, 0.15) is 28.8 Å². The Labute approximate surface area is 154 Å². The van der Waals surface area contributed by atoms with Gasteiger partial charge in [0.25, 0.3) is 0 Å². The molecule has 26 heavy (non-hydrogen) atoms. The van der Waals surface area contributed by atoms with Gasteiger partial charge in [-0.2, -0.15) is 0 Å². The second-order valence-electron chi connectivity index (χ2n) is 6.75. The van der Waals surface area contributed by atoms with Crippen LogP contribution in [0, 0.1) is 0 Å². The van der Waals surface area contributed by atoms with E-state index in [-0.39, 0.29) is 5.78 Å². The number of fused-ring (bicyclic) bond motifs is 1. The molecule has 2 aliphatic rings. The number of ether oxygens (including phenoxy) is 2. The maximum absolute atomic E-state index is 12.6. The molecule has 0 atom stereocenters. The maximum atomic E-state index is 12.6. The van der Waals surface area contributed by atoms with Crippen LogP contribution in [0.15, 0.2) is 54.1 Å². The second-order valence-corrected chi connectivity index (χ2v) is 6.75. The fourth-order valence-electron chi connectivity index (χ4n) is 3.44. The normalized spacial score (nSPS) is 18.6. The molecule has 1 fully saturated rings. The Morgan fingerprint density at radius 1 is 1.04 bits per heavy atom. The Kier molecular flexibility index (Phi) is 5.02. The van der Waals surface area contributed by atoms with Gasteiger partial charge in [0.1, 0.15) is 24.7 Å². The fraction of sp³-hybridized carbons (Fsp3) is 0.318. The van der Waals surface area contributed by atoms with Crippen molar-refractivity contribution in [3.63, 3.8) is 0 Å². The Hall–Kier alpha value is -2.59. The third kappa shape index (κ3) is 3.81. The molecule has 1 saturated heterocycles. The number of para-hydroxylation sites is 1. The van der Waals surface area contributed by atoms with Gasteiger partial charge in [-0.1, -0.05) is 24.3 Å². The summed E-state index contributed by atoms with van der Waals surface area (Å²) in [7, 11) is 0. The molecule has 4 nitrogen and oxygen atoms in total. The van der Waals surface area contributed by atoms with Crippen molar-refractivity contribution in [1.82, 2.24) is 4.90 Å². The van der Waals surface area contributed by atoms with E-state index in [1.54, 1.807) is 0 Å². The van der Waals surface area contributed by atoms with Crippen LogP contribution in [-0.4, -0.2) is 43.5 Å². The minimum absolute atomic E-state index is 0.0396. The first-order valence-electron chi connectivity index (χ1n) is 9.22. The number of carbonyl (C=O) groups is 1. The highest BCUT2D eigenvalue weighted by molar-refractivity contribution is 6.14. The molecule has 134 valence electrons. The monoisotopic (exact) mass is 349 g/mol. The largest absolute Gasteiger partial charge is 0.492 e. The molecule has 0 saturated carbocycles. The quantitative estimate of drug-likeness (QED) is 0.769. The summed E-state index contributed by atoms with van der Waals surface area (Å²) in [6, 6.07) is 15.2. The summed E-state index contributed by atoms with van der Waals surface area (Å²) in [6.45, 7) is 4.38. The molecule has 2 aliphatic heterocycles. The van der Waals surface area contributed by atoms with Crippen molar-refractivity contribution in [2.24, 2.45) is 0 Å². The van der Waals surface area contributed by atoms with Gasteiger partial charge in [-0.3, -0.25) is 9.69 Å². The number of benzene rings is 2. The van der Waals surface area contributed by atoms with Gasteiger partial charge in [-0.15, -0.1) is 0 Å². The Balaban J connectivity index is 1.38. The first-order chi connectivity index (χ1) is 12.8. The lowest BCUT2D eigenvalue weighted by atomic mass is 9.98.